The molecule has 0 spiro atoms. The van der Waals surface area contributed by atoms with Crippen molar-refractivity contribution in [2.75, 3.05) is 26.2 Å². The molecule has 1 heterocycles. The number of benzene rings is 1. The van der Waals surface area contributed by atoms with Gasteiger partial charge in [-0.15, -0.1) is 0 Å². The highest BCUT2D eigenvalue weighted by Crippen LogP contribution is 2.18. The molecule has 4 heteroatoms. The molecule has 4 nitrogen and oxygen atoms in total. The van der Waals surface area contributed by atoms with Gasteiger partial charge in [0.1, 0.15) is 0 Å². The molecule has 1 aromatic rings. The number of nitrogens with zero attached hydrogens (tertiary/aromatic N) is 1. The predicted molar refractivity (Wildman–Crippen MR) is 86.1 cm³/mol. The van der Waals surface area contributed by atoms with E-state index in [-0.39, 0.29) is 5.91 Å². The summed E-state index contributed by atoms with van der Waals surface area (Å²) in [5.41, 5.74) is 7.42. The summed E-state index contributed by atoms with van der Waals surface area (Å²) >= 11 is 0. The van der Waals surface area contributed by atoms with E-state index in [9.17, 15) is 4.79 Å². The monoisotopic (exact) mass is 289 g/mol. The van der Waals surface area contributed by atoms with Crippen molar-refractivity contribution in [3.05, 3.63) is 35.4 Å². The molecule has 1 fully saturated rings. The van der Waals surface area contributed by atoms with Gasteiger partial charge in [-0.3, -0.25) is 9.69 Å². The minimum atomic E-state index is -0.0122. The van der Waals surface area contributed by atoms with Crippen LogP contribution in [0.15, 0.2) is 24.3 Å². The van der Waals surface area contributed by atoms with Gasteiger partial charge in [-0.1, -0.05) is 19.1 Å². The van der Waals surface area contributed by atoms with E-state index < -0.39 is 0 Å². The maximum atomic E-state index is 11.9. The Morgan fingerprint density at radius 1 is 1.29 bits per heavy atom. The van der Waals surface area contributed by atoms with E-state index >= 15 is 0 Å². The summed E-state index contributed by atoms with van der Waals surface area (Å²) in [5.74, 6) is 0.850. The zero-order chi connectivity index (χ0) is 15.1. The normalized spacial score (nSPS) is 16.9. The first kappa shape index (κ1) is 16.0. The Hall–Kier alpha value is -1.39. The molecule has 0 radical (unpaired) electrons. The third-order valence-electron chi connectivity index (χ3n) is 4.17. The van der Waals surface area contributed by atoms with Gasteiger partial charge in [0.15, 0.2) is 0 Å². The van der Waals surface area contributed by atoms with Crippen LogP contribution in [-0.4, -0.2) is 37.0 Å². The molecule has 0 saturated carbocycles. The molecule has 0 bridgehead atoms. The quantitative estimate of drug-likeness (QED) is 0.788. The summed E-state index contributed by atoms with van der Waals surface area (Å²) in [6, 6.07) is 7.96. The van der Waals surface area contributed by atoms with E-state index in [1.807, 2.05) is 12.1 Å². The summed E-state index contributed by atoms with van der Waals surface area (Å²) in [4.78, 5) is 14.4. The second kappa shape index (κ2) is 8.15. The van der Waals surface area contributed by atoms with Gasteiger partial charge in [-0.05, 0) is 62.5 Å². The van der Waals surface area contributed by atoms with Gasteiger partial charge in [0.05, 0.1) is 0 Å². The number of nitrogens with one attached hydrogen (secondary N) is 1. The topological polar surface area (TPSA) is 58.4 Å². The van der Waals surface area contributed by atoms with Crippen LogP contribution in [0.1, 0.15) is 42.1 Å². The third-order valence-corrected chi connectivity index (χ3v) is 4.17. The lowest BCUT2D eigenvalue weighted by Gasteiger charge is -2.30. The van der Waals surface area contributed by atoms with Crippen LogP contribution in [0.25, 0.3) is 0 Å². The maximum Gasteiger partial charge on any atom is 0.251 e. The molecule has 1 amide bonds. The van der Waals surface area contributed by atoms with Gasteiger partial charge in [-0.25, -0.2) is 0 Å². The number of hydrogen-bond donors (Lipinski definition) is 2. The molecule has 2 rings (SSSR count). The SMILES string of the molecule is CC1CCN(Cc2ccc(C(=O)NCCCN)cc2)CC1. The van der Waals surface area contributed by atoms with E-state index in [2.05, 4.69) is 29.3 Å². The lowest BCUT2D eigenvalue weighted by atomic mass is 9.99. The zero-order valence-corrected chi connectivity index (χ0v) is 13.0. The molecular formula is C17H27N3O. The minimum Gasteiger partial charge on any atom is -0.352 e. The van der Waals surface area contributed by atoms with E-state index in [0.717, 1.165) is 24.4 Å². The Morgan fingerprint density at radius 3 is 2.57 bits per heavy atom. The van der Waals surface area contributed by atoms with Crippen molar-refractivity contribution in [3.8, 4) is 0 Å². The van der Waals surface area contributed by atoms with Gasteiger partial charge >= 0.3 is 0 Å². The molecule has 0 aliphatic carbocycles. The van der Waals surface area contributed by atoms with Gasteiger partial charge in [-0.2, -0.15) is 0 Å². The number of hydrogen-bond acceptors (Lipinski definition) is 3. The maximum absolute atomic E-state index is 11.9. The van der Waals surface area contributed by atoms with Crippen LogP contribution in [0.3, 0.4) is 0 Å². The molecule has 1 aliphatic heterocycles. The number of nitrogens with two attached hydrogens (primary N) is 1. The largest absolute Gasteiger partial charge is 0.352 e. The number of rotatable bonds is 6. The summed E-state index contributed by atoms with van der Waals surface area (Å²) in [6.45, 7) is 6.93. The Morgan fingerprint density at radius 2 is 1.95 bits per heavy atom. The van der Waals surface area contributed by atoms with Crippen LogP contribution in [0, 0.1) is 5.92 Å². The van der Waals surface area contributed by atoms with Crippen molar-refractivity contribution in [2.45, 2.75) is 32.7 Å². The number of carbonyl (C=O) groups excluding carboxylic acids is 1. The van der Waals surface area contributed by atoms with Crippen molar-refractivity contribution in [3.63, 3.8) is 0 Å². The van der Waals surface area contributed by atoms with E-state index in [1.54, 1.807) is 0 Å². The van der Waals surface area contributed by atoms with Gasteiger partial charge in [0, 0.05) is 18.7 Å². The first-order valence-electron chi connectivity index (χ1n) is 7.98. The molecule has 1 aromatic carbocycles. The van der Waals surface area contributed by atoms with Crippen molar-refractivity contribution in [1.29, 1.82) is 0 Å². The number of amides is 1. The molecule has 0 atom stereocenters. The third kappa shape index (κ3) is 5.14. The average molecular weight is 289 g/mol. The lowest BCUT2D eigenvalue weighted by Crippen LogP contribution is -2.32. The molecule has 0 unspecified atom stereocenters. The second-order valence-electron chi connectivity index (χ2n) is 6.05. The molecule has 0 aromatic heterocycles. The van der Waals surface area contributed by atoms with Crippen molar-refractivity contribution in [2.24, 2.45) is 11.7 Å². The Labute approximate surface area is 127 Å². The number of carbonyl (C=O) groups is 1. The van der Waals surface area contributed by atoms with Crippen LogP contribution in [0.2, 0.25) is 0 Å². The molecule has 21 heavy (non-hydrogen) atoms. The van der Waals surface area contributed by atoms with Crippen molar-refractivity contribution >= 4 is 5.91 Å². The molecular weight excluding hydrogens is 262 g/mol. The highest BCUT2D eigenvalue weighted by molar-refractivity contribution is 5.94. The highest BCUT2D eigenvalue weighted by Gasteiger charge is 2.15. The standard InChI is InChI=1S/C17H27N3O/c1-14-7-11-20(12-8-14)13-15-3-5-16(6-4-15)17(21)19-10-2-9-18/h3-6,14H,2,7-13,18H2,1H3,(H,19,21). The fourth-order valence-electron chi connectivity index (χ4n) is 2.65. The Kier molecular flexibility index (Phi) is 6.21. The highest BCUT2D eigenvalue weighted by atomic mass is 16.1. The Bertz CT molecular complexity index is 436. The second-order valence-corrected chi connectivity index (χ2v) is 6.05. The summed E-state index contributed by atoms with van der Waals surface area (Å²) in [5, 5.41) is 2.88. The van der Waals surface area contributed by atoms with Gasteiger partial charge < -0.3 is 11.1 Å². The molecule has 116 valence electrons. The first-order valence-corrected chi connectivity index (χ1v) is 7.98. The fourth-order valence-corrected chi connectivity index (χ4v) is 2.65. The molecule has 3 N–H and O–H groups in total. The smallest absolute Gasteiger partial charge is 0.251 e. The van der Waals surface area contributed by atoms with Crippen LogP contribution < -0.4 is 11.1 Å². The van der Waals surface area contributed by atoms with Crippen molar-refractivity contribution < 1.29 is 4.79 Å². The summed E-state index contributed by atoms with van der Waals surface area (Å²) < 4.78 is 0. The van der Waals surface area contributed by atoms with Crippen LogP contribution in [0.5, 0.6) is 0 Å². The number of likely N-dealkylation sites (tertiary alicyclic amines) is 1. The lowest BCUT2D eigenvalue weighted by molar-refractivity contribution is 0.0953. The Balaban J connectivity index is 1.82. The summed E-state index contributed by atoms with van der Waals surface area (Å²) in [6.07, 6.45) is 3.40. The van der Waals surface area contributed by atoms with E-state index in [0.29, 0.717) is 13.1 Å². The summed E-state index contributed by atoms with van der Waals surface area (Å²) in [7, 11) is 0. The minimum absolute atomic E-state index is 0.0122. The van der Waals surface area contributed by atoms with Crippen molar-refractivity contribution in [1.82, 2.24) is 10.2 Å². The van der Waals surface area contributed by atoms with Gasteiger partial charge in [0.2, 0.25) is 0 Å². The predicted octanol–water partition coefficient (Wildman–Crippen LogP) is 2.00. The van der Waals surface area contributed by atoms with Crippen LogP contribution >= 0.6 is 0 Å². The van der Waals surface area contributed by atoms with Crippen LogP contribution in [0.4, 0.5) is 0 Å². The first-order chi connectivity index (χ1) is 10.2. The molecule has 1 aliphatic rings. The molecule has 1 saturated heterocycles. The van der Waals surface area contributed by atoms with Crippen LogP contribution in [-0.2, 0) is 6.54 Å². The van der Waals surface area contributed by atoms with E-state index in [4.69, 9.17) is 5.73 Å². The zero-order valence-electron chi connectivity index (χ0n) is 13.0. The number of piperidine rings is 1. The van der Waals surface area contributed by atoms with Gasteiger partial charge in [0.25, 0.3) is 5.91 Å². The van der Waals surface area contributed by atoms with E-state index in [1.165, 1.54) is 31.5 Å². The average Bonchev–Trinajstić information content (AvgIpc) is 2.50. The fraction of sp³-hybridized carbons (Fsp3) is 0.588.